The van der Waals surface area contributed by atoms with E-state index in [1.54, 1.807) is 29.0 Å². The van der Waals surface area contributed by atoms with Gasteiger partial charge >= 0.3 is 0 Å². The Morgan fingerprint density at radius 1 is 1.08 bits per heavy atom. The molecule has 1 fully saturated rings. The first kappa shape index (κ1) is 15.7. The van der Waals surface area contributed by atoms with E-state index in [4.69, 9.17) is 0 Å². The Bertz CT molecular complexity index is 976. The van der Waals surface area contributed by atoms with Gasteiger partial charge in [-0.3, -0.25) is 4.79 Å². The summed E-state index contributed by atoms with van der Waals surface area (Å²) in [7, 11) is 0. The fraction of sp³-hybridized carbons (Fsp3) is 0.263. The molecule has 4 nitrogen and oxygen atoms in total. The third-order valence-electron chi connectivity index (χ3n) is 4.68. The highest BCUT2D eigenvalue weighted by molar-refractivity contribution is 5.81. The number of rotatable bonds is 3. The highest BCUT2D eigenvalue weighted by atomic mass is 19.1. The lowest BCUT2D eigenvalue weighted by molar-refractivity contribution is 0.492. The molecule has 3 aromatic rings. The fourth-order valence-electron chi connectivity index (χ4n) is 3.47. The molecule has 0 unspecified atom stereocenters. The Balaban J connectivity index is 1.80. The summed E-state index contributed by atoms with van der Waals surface area (Å²) >= 11 is 0. The number of halogens is 2. The maximum atomic E-state index is 14.0. The Hall–Kier alpha value is -2.76. The maximum absolute atomic E-state index is 14.0. The molecule has 1 aliphatic rings. The number of aromatic nitrogens is 2. The standard InChI is InChI=1S/C19H17F2N3O/c20-13-5-7-14(8-6-13)23-18-10-17-12(11-22-18)9-16(21)19(25)24(17)15-3-1-2-4-15/h5-11,15H,1-4H2,(H,22,23). The second-order valence-electron chi connectivity index (χ2n) is 6.37. The van der Waals surface area contributed by atoms with Crippen LogP contribution in [0.4, 0.5) is 20.3 Å². The van der Waals surface area contributed by atoms with Crippen molar-refractivity contribution in [1.82, 2.24) is 9.55 Å². The van der Waals surface area contributed by atoms with Crippen molar-refractivity contribution < 1.29 is 8.78 Å². The molecule has 0 bridgehead atoms. The van der Waals surface area contributed by atoms with Gasteiger partial charge in [-0.1, -0.05) is 12.8 Å². The van der Waals surface area contributed by atoms with Crippen molar-refractivity contribution in [3.8, 4) is 0 Å². The van der Waals surface area contributed by atoms with Gasteiger partial charge in [-0.2, -0.15) is 0 Å². The normalized spacial score (nSPS) is 15.0. The number of hydrogen-bond donors (Lipinski definition) is 1. The summed E-state index contributed by atoms with van der Waals surface area (Å²) < 4.78 is 28.6. The van der Waals surface area contributed by atoms with Crippen LogP contribution in [0.2, 0.25) is 0 Å². The summed E-state index contributed by atoms with van der Waals surface area (Å²) in [5.74, 6) is -0.542. The predicted molar refractivity (Wildman–Crippen MR) is 93.1 cm³/mol. The minimum Gasteiger partial charge on any atom is -0.340 e. The molecule has 128 valence electrons. The van der Waals surface area contributed by atoms with E-state index in [0.717, 1.165) is 25.7 Å². The average Bonchev–Trinajstić information content (AvgIpc) is 3.12. The minimum atomic E-state index is -0.750. The monoisotopic (exact) mass is 341 g/mol. The van der Waals surface area contributed by atoms with Gasteiger partial charge in [0.2, 0.25) is 0 Å². The molecule has 2 aromatic heterocycles. The molecule has 1 aliphatic carbocycles. The molecular formula is C19H17F2N3O. The highest BCUT2D eigenvalue weighted by Crippen LogP contribution is 2.31. The molecule has 25 heavy (non-hydrogen) atoms. The lowest BCUT2D eigenvalue weighted by Crippen LogP contribution is -2.26. The van der Waals surface area contributed by atoms with E-state index in [1.165, 1.54) is 18.2 Å². The van der Waals surface area contributed by atoms with Crippen molar-refractivity contribution in [3.63, 3.8) is 0 Å². The van der Waals surface area contributed by atoms with Crippen molar-refractivity contribution >= 4 is 22.4 Å². The molecule has 0 spiro atoms. The first-order chi connectivity index (χ1) is 12.1. The van der Waals surface area contributed by atoms with Gasteiger partial charge in [0.1, 0.15) is 11.6 Å². The summed E-state index contributed by atoms with van der Waals surface area (Å²) in [6.45, 7) is 0. The van der Waals surface area contributed by atoms with E-state index in [-0.39, 0.29) is 11.9 Å². The summed E-state index contributed by atoms with van der Waals surface area (Å²) in [5, 5.41) is 3.68. The zero-order valence-corrected chi connectivity index (χ0v) is 13.5. The molecule has 2 heterocycles. The van der Waals surface area contributed by atoms with Crippen LogP contribution in [-0.4, -0.2) is 9.55 Å². The van der Waals surface area contributed by atoms with E-state index in [2.05, 4.69) is 10.3 Å². The Kier molecular flexibility index (Phi) is 3.95. The van der Waals surface area contributed by atoms with Crippen LogP contribution in [-0.2, 0) is 0 Å². The topological polar surface area (TPSA) is 46.9 Å². The largest absolute Gasteiger partial charge is 0.340 e. The average molecular weight is 341 g/mol. The zero-order valence-electron chi connectivity index (χ0n) is 13.5. The van der Waals surface area contributed by atoms with Gasteiger partial charge in [0.15, 0.2) is 5.82 Å². The van der Waals surface area contributed by atoms with Gasteiger partial charge < -0.3 is 9.88 Å². The molecule has 0 atom stereocenters. The minimum absolute atomic E-state index is 0.0202. The first-order valence-electron chi connectivity index (χ1n) is 8.35. The third-order valence-corrected chi connectivity index (χ3v) is 4.68. The van der Waals surface area contributed by atoms with Crippen LogP contribution in [0, 0.1) is 11.6 Å². The van der Waals surface area contributed by atoms with Crippen molar-refractivity contribution in [2.24, 2.45) is 0 Å². The summed E-state index contributed by atoms with van der Waals surface area (Å²) in [6.07, 6.45) is 5.39. The second kappa shape index (κ2) is 6.27. The number of benzene rings is 1. The number of hydrogen-bond acceptors (Lipinski definition) is 3. The smallest absolute Gasteiger partial charge is 0.287 e. The summed E-state index contributed by atoms with van der Waals surface area (Å²) in [5.41, 5.74) is 0.765. The first-order valence-corrected chi connectivity index (χ1v) is 8.35. The van der Waals surface area contributed by atoms with E-state index < -0.39 is 11.4 Å². The number of pyridine rings is 2. The van der Waals surface area contributed by atoms with Gasteiger partial charge in [0.05, 0.1) is 5.52 Å². The Morgan fingerprint density at radius 3 is 2.52 bits per heavy atom. The molecule has 1 saturated carbocycles. The van der Waals surface area contributed by atoms with Crippen molar-refractivity contribution in [1.29, 1.82) is 0 Å². The quantitative estimate of drug-likeness (QED) is 0.761. The van der Waals surface area contributed by atoms with Crippen LogP contribution in [0.3, 0.4) is 0 Å². The Labute approximate surface area is 143 Å². The Morgan fingerprint density at radius 2 is 1.80 bits per heavy atom. The van der Waals surface area contributed by atoms with E-state index in [9.17, 15) is 13.6 Å². The van der Waals surface area contributed by atoms with Crippen LogP contribution >= 0.6 is 0 Å². The van der Waals surface area contributed by atoms with Crippen molar-refractivity contribution in [2.75, 3.05) is 5.32 Å². The van der Waals surface area contributed by atoms with Gasteiger partial charge in [0.25, 0.3) is 5.56 Å². The molecule has 6 heteroatoms. The molecule has 4 rings (SSSR count). The molecule has 0 aliphatic heterocycles. The molecule has 1 N–H and O–H groups in total. The van der Waals surface area contributed by atoms with Crippen LogP contribution < -0.4 is 10.9 Å². The molecule has 1 aromatic carbocycles. The molecular weight excluding hydrogens is 324 g/mol. The number of fused-ring (bicyclic) bond motifs is 1. The molecule has 0 saturated heterocycles. The zero-order chi connectivity index (χ0) is 17.4. The predicted octanol–water partition coefficient (Wildman–Crippen LogP) is 4.53. The van der Waals surface area contributed by atoms with Crippen molar-refractivity contribution in [2.45, 2.75) is 31.7 Å². The highest BCUT2D eigenvalue weighted by Gasteiger charge is 2.22. The van der Waals surface area contributed by atoms with Gasteiger partial charge in [-0.25, -0.2) is 13.8 Å². The van der Waals surface area contributed by atoms with Gasteiger partial charge in [0, 0.05) is 29.4 Å². The number of nitrogens with one attached hydrogen (secondary N) is 1. The number of nitrogens with zero attached hydrogens (tertiary/aromatic N) is 2. The number of anilines is 2. The van der Waals surface area contributed by atoms with E-state index in [1.807, 2.05) is 0 Å². The summed E-state index contributed by atoms with van der Waals surface area (Å²) in [6, 6.07) is 8.92. The molecule has 0 amide bonds. The SMILES string of the molecule is O=c1c(F)cc2cnc(Nc3ccc(F)cc3)cc2n1C1CCCC1. The van der Waals surface area contributed by atoms with Crippen molar-refractivity contribution in [3.05, 3.63) is 64.6 Å². The lowest BCUT2D eigenvalue weighted by atomic mass is 10.2. The van der Waals surface area contributed by atoms with Crippen LogP contribution in [0.15, 0.2) is 47.4 Å². The maximum Gasteiger partial charge on any atom is 0.287 e. The van der Waals surface area contributed by atoms with Gasteiger partial charge in [-0.05, 0) is 43.2 Å². The van der Waals surface area contributed by atoms with Crippen LogP contribution in [0.5, 0.6) is 0 Å². The second-order valence-corrected chi connectivity index (χ2v) is 6.37. The third kappa shape index (κ3) is 2.99. The fourth-order valence-corrected chi connectivity index (χ4v) is 3.47. The lowest BCUT2D eigenvalue weighted by Gasteiger charge is -2.17. The van der Waals surface area contributed by atoms with E-state index in [0.29, 0.717) is 22.4 Å². The van der Waals surface area contributed by atoms with E-state index >= 15 is 0 Å². The molecule has 0 radical (unpaired) electrons. The van der Waals surface area contributed by atoms with Gasteiger partial charge in [-0.15, -0.1) is 0 Å². The van der Waals surface area contributed by atoms with Crippen LogP contribution in [0.25, 0.3) is 10.9 Å². The van der Waals surface area contributed by atoms with Crippen LogP contribution in [0.1, 0.15) is 31.7 Å². The summed E-state index contributed by atoms with van der Waals surface area (Å²) in [4.78, 5) is 16.7.